The largest absolute Gasteiger partial charge is 0.573 e. The summed E-state index contributed by atoms with van der Waals surface area (Å²) in [4.78, 5) is 11.6. The minimum atomic E-state index is -4.83. The summed E-state index contributed by atoms with van der Waals surface area (Å²) in [6.45, 7) is 5.01. The van der Waals surface area contributed by atoms with Crippen molar-refractivity contribution >= 4 is 39.3 Å². The molecule has 0 unspecified atom stereocenters. The fourth-order valence-electron chi connectivity index (χ4n) is 1.27. The van der Waals surface area contributed by atoms with Crippen molar-refractivity contribution in [2.45, 2.75) is 32.7 Å². The van der Waals surface area contributed by atoms with Crippen molar-refractivity contribution in [3.8, 4) is 5.75 Å². The van der Waals surface area contributed by atoms with Crippen LogP contribution in [0.2, 0.25) is 5.02 Å². The number of alkyl halides is 3. The molecule has 1 aromatic carbocycles. The van der Waals surface area contributed by atoms with Gasteiger partial charge in [0.15, 0.2) is 0 Å². The summed E-state index contributed by atoms with van der Waals surface area (Å²) >= 11 is 8.84. The molecule has 118 valence electrons. The Kier molecular flexibility index (Phi) is 5.38. The Morgan fingerprint density at radius 2 is 1.86 bits per heavy atom. The molecule has 0 spiro atoms. The number of ether oxygens (including phenoxy) is 2. The molecule has 0 aliphatic rings. The van der Waals surface area contributed by atoms with Gasteiger partial charge in [-0.2, -0.15) is 0 Å². The number of halogens is 5. The summed E-state index contributed by atoms with van der Waals surface area (Å²) in [6, 6.07) is 1.97. The summed E-state index contributed by atoms with van der Waals surface area (Å²) in [7, 11) is 0. The van der Waals surface area contributed by atoms with E-state index in [0.29, 0.717) is 0 Å². The van der Waals surface area contributed by atoms with E-state index in [-0.39, 0.29) is 15.2 Å². The number of carbonyl (C=O) groups is 1. The molecule has 0 saturated heterocycles. The first-order valence-corrected chi connectivity index (χ1v) is 6.79. The van der Waals surface area contributed by atoms with Crippen LogP contribution in [0.25, 0.3) is 0 Å². The maximum absolute atomic E-state index is 12.1. The molecule has 9 heteroatoms. The van der Waals surface area contributed by atoms with Crippen molar-refractivity contribution in [3.05, 3.63) is 21.6 Å². The highest BCUT2D eigenvalue weighted by molar-refractivity contribution is 9.10. The van der Waals surface area contributed by atoms with E-state index in [9.17, 15) is 18.0 Å². The summed E-state index contributed by atoms with van der Waals surface area (Å²) in [5.74, 6) is -0.505. The predicted octanol–water partition coefficient (Wildman–Crippen LogP) is 5.35. The van der Waals surface area contributed by atoms with Crippen LogP contribution < -0.4 is 10.1 Å². The first-order chi connectivity index (χ1) is 9.37. The molecular formula is C12H12BrClF3NO3. The van der Waals surface area contributed by atoms with Crippen LogP contribution in [0.5, 0.6) is 5.75 Å². The summed E-state index contributed by atoms with van der Waals surface area (Å²) in [6.07, 6.45) is -5.61. The number of benzene rings is 1. The molecule has 1 rings (SSSR count). The van der Waals surface area contributed by atoms with E-state index in [0.717, 1.165) is 12.1 Å². The molecule has 1 aromatic rings. The standard InChI is InChI=1S/C12H12BrClF3NO3/c1-11(2,3)21-10(19)18-9-7(13)4-6(5-8(9)14)20-12(15,16)17/h4-5H,1-3H3,(H,18,19). The lowest BCUT2D eigenvalue weighted by atomic mass is 10.2. The zero-order valence-corrected chi connectivity index (χ0v) is 13.6. The average molecular weight is 391 g/mol. The molecule has 1 N–H and O–H groups in total. The molecule has 0 aliphatic heterocycles. The van der Waals surface area contributed by atoms with E-state index in [1.165, 1.54) is 0 Å². The van der Waals surface area contributed by atoms with Gasteiger partial charge in [-0.3, -0.25) is 5.32 Å². The highest BCUT2D eigenvalue weighted by Gasteiger charge is 2.31. The third-order valence-electron chi connectivity index (χ3n) is 1.88. The monoisotopic (exact) mass is 389 g/mol. The van der Waals surface area contributed by atoms with Gasteiger partial charge < -0.3 is 9.47 Å². The predicted molar refractivity (Wildman–Crippen MR) is 75.7 cm³/mol. The molecule has 0 saturated carbocycles. The second-order valence-corrected chi connectivity index (χ2v) is 6.20. The van der Waals surface area contributed by atoms with Crippen molar-refractivity contribution in [1.29, 1.82) is 0 Å². The Labute approximate surface area is 132 Å². The third-order valence-corrected chi connectivity index (χ3v) is 2.80. The average Bonchev–Trinajstić information content (AvgIpc) is 2.18. The summed E-state index contributed by atoms with van der Waals surface area (Å²) in [5.41, 5.74) is -0.636. The quantitative estimate of drug-likeness (QED) is 0.741. The molecule has 0 bridgehead atoms. The first kappa shape index (κ1) is 17.9. The molecule has 0 aromatic heterocycles. The highest BCUT2D eigenvalue weighted by atomic mass is 79.9. The number of rotatable bonds is 2. The Bertz CT molecular complexity index is 521. The lowest BCUT2D eigenvalue weighted by Gasteiger charge is -2.20. The van der Waals surface area contributed by atoms with Gasteiger partial charge in [0.25, 0.3) is 0 Å². The van der Waals surface area contributed by atoms with Crippen molar-refractivity contribution < 1.29 is 27.4 Å². The van der Waals surface area contributed by atoms with Crippen molar-refractivity contribution in [1.82, 2.24) is 0 Å². The van der Waals surface area contributed by atoms with Crippen LogP contribution in [0.1, 0.15) is 20.8 Å². The minimum Gasteiger partial charge on any atom is -0.444 e. The van der Waals surface area contributed by atoms with E-state index in [1.807, 2.05) is 0 Å². The van der Waals surface area contributed by atoms with Gasteiger partial charge in [0.2, 0.25) is 0 Å². The van der Waals surface area contributed by atoms with Gasteiger partial charge in [0, 0.05) is 10.5 Å². The van der Waals surface area contributed by atoms with Crippen molar-refractivity contribution in [3.63, 3.8) is 0 Å². The normalized spacial score (nSPS) is 12.0. The van der Waals surface area contributed by atoms with Crippen LogP contribution in [0.4, 0.5) is 23.7 Å². The smallest absolute Gasteiger partial charge is 0.444 e. The van der Waals surface area contributed by atoms with Crippen LogP contribution in [-0.2, 0) is 4.74 Å². The lowest BCUT2D eigenvalue weighted by molar-refractivity contribution is -0.274. The third kappa shape index (κ3) is 6.43. The van der Waals surface area contributed by atoms with E-state index in [2.05, 4.69) is 26.0 Å². The summed E-state index contributed by atoms with van der Waals surface area (Å²) < 4.78 is 45.3. The molecule has 0 heterocycles. The van der Waals surface area contributed by atoms with Crippen LogP contribution >= 0.6 is 27.5 Å². The minimum absolute atomic E-state index is 0.0837. The van der Waals surface area contributed by atoms with Gasteiger partial charge in [0.1, 0.15) is 11.4 Å². The van der Waals surface area contributed by atoms with Gasteiger partial charge in [-0.15, -0.1) is 13.2 Å². The van der Waals surface area contributed by atoms with E-state index < -0.39 is 23.8 Å². The van der Waals surface area contributed by atoms with Gasteiger partial charge in [0.05, 0.1) is 10.7 Å². The first-order valence-electron chi connectivity index (χ1n) is 5.62. The SMILES string of the molecule is CC(C)(C)OC(=O)Nc1c(Cl)cc(OC(F)(F)F)cc1Br. The van der Waals surface area contributed by atoms with Crippen molar-refractivity contribution in [2.75, 3.05) is 5.32 Å². The molecule has 0 radical (unpaired) electrons. The second-order valence-electron chi connectivity index (χ2n) is 4.94. The Morgan fingerprint density at radius 1 is 1.29 bits per heavy atom. The Hall–Kier alpha value is -1.15. The van der Waals surface area contributed by atoms with Gasteiger partial charge in [-0.25, -0.2) is 4.79 Å². The van der Waals surface area contributed by atoms with E-state index >= 15 is 0 Å². The molecular weight excluding hydrogens is 378 g/mol. The van der Waals surface area contributed by atoms with Crippen molar-refractivity contribution in [2.24, 2.45) is 0 Å². The van der Waals surface area contributed by atoms with Crippen LogP contribution in [0.3, 0.4) is 0 Å². The number of carbonyl (C=O) groups excluding carboxylic acids is 1. The van der Waals surface area contributed by atoms with E-state index in [4.69, 9.17) is 16.3 Å². The Morgan fingerprint density at radius 3 is 2.29 bits per heavy atom. The summed E-state index contributed by atoms with van der Waals surface area (Å²) in [5, 5.41) is 2.22. The lowest BCUT2D eigenvalue weighted by Crippen LogP contribution is -2.27. The highest BCUT2D eigenvalue weighted by Crippen LogP contribution is 2.37. The zero-order chi connectivity index (χ0) is 16.4. The number of hydrogen-bond acceptors (Lipinski definition) is 3. The number of anilines is 1. The maximum atomic E-state index is 12.1. The molecule has 0 aliphatic carbocycles. The van der Waals surface area contributed by atoms with Crippen LogP contribution in [0.15, 0.2) is 16.6 Å². The fourth-order valence-corrected chi connectivity index (χ4v) is 2.18. The number of amides is 1. The van der Waals surface area contributed by atoms with E-state index in [1.54, 1.807) is 20.8 Å². The number of nitrogens with one attached hydrogen (secondary N) is 1. The Balaban J connectivity index is 2.93. The second kappa shape index (κ2) is 6.31. The zero-order valence-electron chi connectivity index (χ0n) is 11.3. The molecule has 21 heavy (non-hydrogen) atoms. The molecule has 0 atom stereocenters. The van der Waals surface area contributed by atoms with Gasteiger partial charge >= 0.3 is 12.5 Å². The fraction of sp³-hybridized carbons (Fsp3) is 0.417. The van der Waals surface area contributed by atoms with Crippen LogP contribution in [0, 0.1) is 0 Å². The number of hydrogen-bond donors (Lipinski definition) is 1. The van der Waals surface area contributed by atoms with Gasteiger partial charge in [-0.1, -0.05) is 11.6 Å². The molecule has 1 amide bonds. The molecule has 4 nitrogen and oxygen atoms in total. The topological polar surface area (TPSA) is 47.6 Å². The van der Waals surface area contributed by atoms with Gasteiger partial charge in [-0.05, 0) is 42.8 Å². The molecule has 0 fully saturated rings. The maximum Gasteiger partial charge on any atom is 0.573 e. The van der Waals surface area contributed by atoms with Crippen LogP contribution in [-0.4, -0.2) is 18.1 Å².